The van der Waals surface area contributed by atoms with Gasteiger partial charge < -0.3 is 15.5 Å². The fraction of sp³-hybridized carbons (Fsp3) is 0.692. The lowest BCUT2D eigenvalue weighted by Crippen LogP contribution is -2.40. The van der Waals surface area contributed by atoms with Crippen LogP contribution in [0.4, 0.5) is 5.69 Å². The van der Waals surface area contributed by atoms with Gasteiger partial charge in [0.25, 0.3) is 11.8 Å². The molecule has 1 unspecified atom stereocenters. The van der Waals surface area contributed by atoms with Crippen molar-refractivity contribution in [2.75, 3.05) is 18.5 Å². The molecule has 32 heavy (non-hydrogen) atoms. The SMILES string of the molecule is CCCCCCCCCCCCCCCCNc1ccc(C(=O)NC(=O)C(O)CO)cc1. The Morgan fingerprint density at radius 2 is 1.25 bits per heavy atom. The molecule has 0 spiro atoms. The van der Waals surface area contributed by atoms with Crippen LogP contribution in [0.5, 0.6) is 0 Å². The van der Waals surface area contributed by atoms with Crippen molar-refractivity contribution < 1.29 is 19.8 Å². The second-order valence-electron chi connectivity index (χ2n) is 8.62. The molecule has 0 aromatic heterocycles. The van der Waals surface area contributed by atoms with Gasteiger partial charge in [-0.15, -0.1) is 0 Å². The van der Waals surface area contributed by atoms with E-state index in [0.717, 1.165) is 18.7 Å². The minimum atomic E-state index is -1.59. The zero-order chi connectivity index (χ0) is 23.4. The molecule has 4 N–H and O–H groups in total. The molecule has 0 aliphatic heterocycles. The van der Waals surface area contributed by atoms with Crippen molar-refractivity contribution in [1.29, 1.82) is 0 Å². The predicted octanol–water partition coefficient (Wildman–Crippen LogP) is 5.19. The molecule has 0 saturated carbocycles. The maximum Gasteiger partial charge on any atom is 0.258 e. The van der Waals surface area contributed by atoms with E-state index in [1.54, 1.807) is 24.3 Å². The van der Waals surface area contributed by atoms with Crippen LogP contribution in [-0.2, 0) is 4.79 Å². The van der Waals surface area contributed by atoms with Gasteiger partial charge in [0.05, 0.1) is 6.61 Å². The van der Waals surface area contributed by atoms with Crippen molar-refractivity contribution in [3.8, 4) is 0 Å². The standard InChI is InChI=1S/C26H44N2O4/c1-2-3-4-5-6-7-8-9-10-11-12-13-14-15-20-27-23-18-16-22(17-19-23)25(31)28-26(32)24(30)21-29/h16-19,24,27,29-30H,2-15,20-21H2,1H3,(H,28,31,32). The highest BCUT2D eigenvalue weighted by Crippen LogP contribution is 2.14. The molecule has 6 nitrogen and oxygen atoms in total. The number of rotatable bonds is 19. The fourth-order valence-corrected chi connectivity index (χ4v) is 3.64. The van der Waals surface area contributed by atoms with Crippen LogP contribution < -0.4 is 10.6 Å². The van der Waals surface area contributed by atoms with Crippen molar-refractivity contribution in [3.05, 3.63) is 29.8 Å². The van der Waals surface area contributed by atoms with Gasteiger partial charge in [0, 0.05) is 17.8 Å². The second-order valence-corrected chi connectivity index (χ2v) is 8.62. The maximum atomic E-state index is 11.9. The van der Waals surface area contributed by atoms with E-state index in [2.05, 4.69) is 17.6 Å². The molecule has 182 valence electrons. The van der Waals surface area contributed by atoms with Gasteiger partial charge in [-0.2, -0.15) is 0 Å². The van der Waals surface area contributed by atoms with Crippen LogP contribution in [0.2, 0.25) is 0 Å². The largest absolute Gasteiger partial charge is 0.393 e. The first-order valence-corrected chi connectivity index (χ1v) is 12.6. The number of imide groups is 1. The Kier molecular flexibility index (Phi) is 16.4. The minimum Gasteiger partial charge on any atom is -0.393 e. The van der Waals surface area contributed by atoms with Gasteiger partial charge >= 0.3 is 0 Å². The number of carbonyl (C=O) groups excluding carboxylic acids is 2. The van der Waals surface area contributed by atoms with E-state index in [-0.39, 0.29) is 0 Å². The molecule has 2 amide bonds. The van der Waals surface area contributed by atoms with Gasteiger partial charge in [-0.1, -0.05) is 90.4 Å². The number of nitrogens with one attached hydrogen (secondary N) is 2. The van der Waals surface area contributed by atoms with E-state index >= 15 is 0 Å². The van der Waals surface area contributed by atoms with Crippen LogP contribution in [0.3, 0.4) is 0 Å². The number of hydrogen-bond acceptors (Lipinski definition) is 5. The van der Waals surface area contributed by atoms with E-state index in [9.17, 15) is 14.7 Å². The molecular weight excluding hydrogens is 404 g/mol. The first-order chi connectivity index (χ1) is 15.6. The summed E-state index contributed by atoms with van der Waals surface area (Å²) in [6.07, 6.45) is 17.2. The molecule has 0 fully saturated rings. The summed E-state index contributed by atoms with van der Waals surface area (Å²) in [6.45, 7) is 2.44. The third-order valence-electron chi connectivity index (χ3n) is 5.72. The summed E-state index contributed by atoms with van der Waals surface area (Å²) in [5, 5.41) is 23.3. The molecule has 0 aliphatic rings. The van der Waals surface area contributed by atoms with Crippen molar-refractivity contribution in [3.63, 3.8) is 0 Å². The normalized spacial score (nSPS) is 11.8. The zero-order valence-corrected chi connectivity index (χ0v) is 19.9. The molecule has 0 aliphatic carbocycles. The third kappa shape index (κ3) is 13.5. The van der Waals surface area contributed by atoms with Gasteiger partial charge in [0.15, 0.2) is 6.10 Å². The van der Waals surface area contributed by atoms with E-state index in [1.807, 2.05) is 0 Å². The summed E-state index contributed by atoms with van der Waals surface area (Å²) in [7, 11) is 0. The van der Waals surface area contributed by atoms with Crippen LogP contribution in [0.15, 0.2) is 24.3 Å². The molecule has 1 aromatic carbocycles. The number of anilines is 1. The Morgan fingerprint density at radius 3 is 1.72 bits per heavy atom. The summed E-state index contributed by atoms with van der Waals surface area (Å²) in [4.78, 5) is 23.4. The van der Waals surface area contributed by atoms with E-state index in [1.165, 1.54) is 83.5 Å². The van der Waals surface area contributed by atoms with Gasteiger partial charge in [-0.3, -0.25) is 14.9 Å². The molecule has 1 rings (SSSR count). The molecule has 1 atom stereocenters. The molecule has 0 bridgehead atoms. The topological polar surface area (TPSA) is 98.7 Å². The van der Waals surface area contributed by atoms with Crippen LogP contribution >= 0.6 is 0 Å². The first kappa shape index (κ1) is 28.1. The van der Waals surface area contributed by atoms with Gasteiger partial charge in [0.2, 0.25) is 0 Å². The zero-order valence-electron chi connectivity index (χ0n) is 19.9. The Labute approximate surface area is 194 Å². The van der Waals surface area contributed by atoms with Crippen molar-refractivity contribution in [1.82, 2.24) is 5.32 Å². The monoisotopic (exact) mass is 448 g/mol. The Hall–Kier alpha value is -1.92. The van der Waals surface area contributed by atoms with Crippen LogP contribution in [0, 0.1) is 0 Å². The highest BCUT2D eigenvalue weighted by atomic mass is 16.3. The van der Waals surface area contributed by atoms with Crippen LogP contribution in [0.1, 0.15) is 107 Å². The summed E-state index contributed by atoms with van der Waals surface area (Å²) in [5.41, 5.74) is 1.25. The summed E-state index contributed by atoms with van der Waals surface area (Å²) < 4.78 is 0. The predicted molar refractivity (Wildman–Crippen MR) is 131 cm³/mol. The van der Waals surface area contributed by atoms with Gasteiger partial charge in [-0.05, 0) is 30.7 Å². The summed E-state index contributed by atoms with van der Waals surface area (Å²) >= 11 is 0. The van der Waals surface area contributed by atoms with Crippen molar-refractivity contribution >= 4 is 17.5 Å². The highest BCUT2D eigenvalue weighted by molar-refractivity contribution is 6.05. The number of aliphatic hydroxyl groups is 2. The lowest BCUT2D eigenvalue weighted by Gasteiger charge is -2.09. The number of carbonyl (C=O) groups is 2. The highest BCUT2D eigenvalue weighted by Gasteiger charge is 2.17. The number of aliphatic hydroxyl groups excluding tert-OH is 2. The molecule has 1 aromatic rings. The van der Waals surface area contributed by atoms with Gasteiger partial charge in [0.1, 0.15) is 0 Å². The third-order valence-corrected chi connectivity index (χ3v) is 5.72. The lowest BCUT2D eigenvalue weighted by atomic mass is 10.0. The minimum absolute atomic E-state index is 0.325. The Balaban J connectivity index is 2.00. The van der Waals surface area contributed by atoms with Crippen LogP contribution in [-0.4, -0.2) is 41.3 Å². The van der Waals surface area contributed by atoms with Crippen molar-refractivity contribution in [2.45, 2.75) is 103 Å². The smallest absolute Gasteiger partial charge is 0.258 e. The summed E-state index contributed by atoms with van der Waals surface area (Å²) in [6, 6.07) is 6.85. The van der Waals surface area contributed by atoms with E-state index in [0.29, 0.717) is 5.56 Å². The quantitative estimate of drug-likeness (QED) is 0.218. The number of unbranched alkanes of at least 4 members (excludes halogenated alkanes) is 13. The first-order valence-electron chi connectivity index (χ1n) is 12.6. The van der Waals surface area contributed by atoms with E-state index in [4.69, 9.17) is 5.11 Å². The Morgan fingerprint density at radius 1 is 0.781 bits per heavy atom. The number of hydrogen-bond donors (Lipinski definition) is 4. The van der Waals surface area contributed by atoms with Crippen molar-refractivity contribution in [2.24, 2.45) is 0 Å². The number of benzene rings is 1. The molecule has 0 saturated heterocycles. The fourth-order valence-electron chi connectivity index (χ4n) is 3.64. The second kappa shape index (κ2) is 18.6. The average Bonchev–Trinajstić information content (AvgIpc) is 2.81. The summed E-state index contributed by atoms with van der Waals surface area (Å²) in [5.74, 6) is -1.50. The van der Waals surface area contributed by atoms with Gasteiger partial charge in [-0.25, -0.2) is 0 Å². The molecule has 0 radical (unpaired) electrons. The molecule has 0 heterocycles. The van der Waals surface area contributed by atoms with Crippen LogP contribution in [0.25, 0.3) is 0 Å². The molecular formula is C26H44N2O4. The average molecular weight is 449 g/mol. The molecule has 6 heteroatoms. The maximum absolute atomic E-state index is 11.9. The number of amides is 2. The lowest BCUT2D eigenvalue weighted by molar-refractivity contribution is -0.130. The Bertz CT molecular complexity index is 619. The van der Waals surface area contributed by atoms with E-state index < -0.39 is 24.5 Å².